The number of fused-ring (bicyclic) bond motifs is 1. The van der Waals surface area contributed by atoms with Crippen LogP contribution in [0.5, 0.6) is 0 Å². The first-order valence-electron chi connectivity index (χ1n) is 8.91. The minimum absolute atomic E-state index is 0.0189. The number of rotatable bonds is 3. The van der Waals surface area contributed by atoms with Gasteiger partial charge in [-0.05, 0) is 24.6 Å². The molecule has 9 heteroatoms. The maximum atomic E-state index is 12.8. The summed E-state index contributed by atoms with van der Waals surface area (Å²) >= 11 is 12.2. The highest BCUT2D eigenvalue weighted by Crippen LogP contribution is 2.35. The number of aromatic nitrogens is 2. The Hall–Kier alpha value is -2.90. The van der Waals surface area contributed by atoms with E-state index in [-0.39, 0.29) is 21.8 Å². The Morgan fingerprint density at radius 3 is 2.66 bits per heavy atom. The number of hydrogen-bond donors (Lipinski definition) is 1. The molecule has 1 saturated heterocycles. The summed E-state index contributed by atoms with van der Waals surface area (Å²) in [5.41, 5.74) is 2.82. The standard InChI is InChI=1S/C20H17Cl2N5O2/c1-11-10-24-16-12(17(11)27-9-8-26(2)20(27)29)4-3-5-14(16)25-19(28)15-13(21)6-7-23-18(15)22/h3-7,10H,8-9H2,1-2H3,(H,25,28). The zero-order chi connectivity index (χ0) is 20.7. The van der Waals surface area contributed by atoms with Crippen LogP contribution in [0, 0.1) is 6.92 Å². The minimum Gasteiger partial charge on any atom is -0.326 e. The van der Waals surface area contributed by atoms with E-state index in [1.807, 2.05) is 13.0 Å². The molecule has 0 saturated carbocycles. The fraction of sp³-hybridized carbons (Fsp3) is 0.200. The number of para-hydroxylation sites is 1. The highest BCUT2D eigenvalue weighted by Gasteiger charge is 2.29. The average molecular weight is 430 g/mol. The van der Waals surface area contributed by atoms with Gasteiger partial charge < -0.3 is 10.2 Å². The number of pyridine rings is 2. The summed E-state index contributed by atoms with van der Waals surface area (Å²) < 4.78 is 0. The first-order valence-corrected chi connectivity index (χ1v) is 9.66. The van der Waals surface area contributed by atoms with Gasteiger partial charge in [-0.25, -0.2) is 9.78 Å². The van der Waals surface area contributed by atoms with Crippen LogP contribution < -0.4 is 10.2 Å². The normalized spacial score (nSPS) is 14.0. The van der Waals surface area contributed by atoms with E-state index in [1.54, 1.807) is 35.2 Å². The lowest BCUT2D eigenvalue weighted by Gasteiger charge is -2.21. The summed E-state index contributed by atoms with van der Waals surface area (Å²) in [6.07, 6.45) is 3.13. The molecule has 1 N–H and O–H groups in total. The van der Waals surface area contributed by atoms with Gasteiger partial charge in [0.15, 0.2) is 0 Å². The van der Waals surface area contributed by atoms with Crippen LogP contribution in [0.4, 0.5) is 16.2 Å². The monoisotopic (exact) mass is 429 g/mol. The third kappa shape index (κ3) is 3.36. The molecular formula is C20H17Cl2N5O2. The molecule has 3 heterocycles. The number of likely N-dealkylation sites (N-methyl/N-ethyl adjacent to an activating group) is 1. The van der Waals surface area contributed by atoms with Gasteiger partial charge in [-0.2, -0.15) is 0 Å². The summed E-state index contributed by atoms with van der Waals surface area (Å²) in [7, 11) is 1.77. The number of aryl methyl sites for hydroxylation is 1. The minimum atomic E-state index is -0.485. The number of carbonyl (C=O) groups is 2. The van der Waals surface area contributed by atoms with Gasteiger partial charge in [0.05, 0.1) is 27.5 Å². The van der Waals surface area contributed by atoms with E-state index in [4.69, 9.17) is 23.2 Å². The Balaban J connectivity index is 1.79. The molecule has 3 amide bonds. The zero-order valence-corrected chi connectivity index (χ0v) is 17.3. The van der Waals surface area contributed by atoms with Crippen LogP contribution in [0.1, 0.15) is 15.9 Å². The van der Waals surface area contributed by atoms with Crippen LogP contribution in [-0.4, -0.2) is 46.9 Å². The molecule has 2 aromatic heterocycles. The highest BCUT2D eigenvalue weighted by atomic mass is 35.5. The Kier molecular flexibility index (Phi) is 5.02. The first kappa shape index (κ1) is 19.4. The lowest BCUT2D eigenvalue weighted by atomic mass is 10.1. The number of carbonyl (C=O) groups excluding carboxylic acids is 2. The van der Waals surface area contributed by atoms with Crippen LogP contribution in [0.3, 0.4) is 0 Å². The molecule has 0 bridgehead atoms. The Labute approximate surface area is 177 Å². The quantitative estimate of drug-likeness (QED) is 0.626. The van der Waals surface area contributed by atoms with Gasteiger partial charge in [0, 0.05) is 37.9 Å². The molecule has 0 aliphatic carbocycles. The van der Waals surface area contributed by atoms with Crippen molar-refractivity contribution in [2.24, 2.45) is 0 Å². The van der Waals surface area contributed by atoms with Gasteiger partial charge in [-0.1, -0.05) is 35.3 Å². The van der Waals surface area contributed by atoms with Gasteiger partial charge in [-0.15, -0.1) is 0 Å². The van der Waals surface area contributed by atoms with Crippen molar-refractivity contribution in [1.29, 1.82) is 0 Å². The molecule has 1 aliphatic rings. The van der Waals surface area contributed by atoms with E-state index in [2.05, 4.69) is 15.3 Å². The second kappa shape index (κ2) is 7.50. The molecule has 3 aromatic rings. The van der Waals surface area contributed by atoms with E-state index in [1.165, 1.54) is 12.3 Å². The number of nitrogens with one attached hydrogen (secondary N) is 1. The number of hydrogen-bond acceptors (Lipinski definition) is 4. The Morgan fingerprint density at radius 1 is 1.17 bits per heavy atom. The lowest BCUT2D eigenvalue weighted by molar-refractivity contribution is 0.102. The molecule has 0 radical (unpaired) electrons. The van der Waals surface area contributed by atoms with Crippen molar-refractivity contribution in [3.8, 4) is 0 Å². The number of halogens is 2. The fourth-order valence-corrected chi connectivity index (χ4v) is 3.95. The van der Waals surface area contributed by atoms with Crippen LogP contribution >= 0.6 is 23.2 Å². The largest absolute Gasteiger partial charge is 0.326 e. The smallest absolute Gasteiger partial charge is 0.324 e. The molecule has 0 unspecified atom stereocenters. The maximum Gasteiger partial charge on any atom is 0.324 e. The van der Waals surface area contributed by atoms with Gasteiger partial charge in [0.2, 0.25) is 0 Å². The lowest BCUT2D eigenvalue weighted by Crippen LogP contribution is -2.30. The fourth-order valence-electron chi connectivity index (χ4n) is 3.42. The van der Waals surface area contributed by atoms with Crippen molar-refractivity contribution in [2.45, 2.75) is 6.92 Å². The third-order valence-electron chi connectivity index (χ3n) is 4.87. The van der Waals surface area contributed by atoms with Crippen LogP contribution in [0.15, 0.2) is 36.7 Å². The molecule has 4 rings (SSSR count). The van der Waals surface area contributed by atoms with Crippen molar-refractivity contribution in [1.82, 2.24) is 14.9 Å². The summed E-state index contributed by atoms with van der Waals surface area (Å²) in [6.45, 7) is 3.15. The van der Waals surface area contributed by atoms with Crippen molar-refractivity contribution in [3.05, 3.63) is 58.0 Å². The van der Waals surface area contributed by atoms with Crippen LogP contribution in [-0.2, 0) is 0 Å². The molecule has 0 spiro atoms. The van der Waals surface area contributed by atoms with E-state index >= 15 is 0 Å². The molecule has 148 valence electrons. The summed E-state index contributed by atoms with van der Waals surface area (Å²) in [6, 6.07) is 6.86. The van der Waals surface area contributed by atoms with Crippen LogP contribution in [0.2, 0.25) is 10.2 Å². The molecular weight excluding hydrogens is 413 g/mol. The summed E-state index contributed by atoms with van der Waals surface area (Å²) in [4.78, 5) is 37.2. The van der Waals surface area contributed by atoms with Gasteiger partial charge >= 0.3 is 6.03 Å². The average Bonchev–Trinajstić information content (AvgIpc) is 3.00. The SMILES string of the molecule is Cc1cnc2c(NC(=O)c3c(Cl)ccnc3Cl)cccc2c1N1CCN(C)C1=O. The van der Waals surface area contributed by atoms with E-state index < -0.39 is 5.91 Å². The van der Waals surface area contributed by atoms with E-state index in [0.29, 0.717) is 24.3 Å². The molecule has 7 nitrogen and oxygen atoms in total. The Bertz CT molecular complexity index is 1130. The zero-order valence-electron chi connectivity index (χ0n) is 15.7. The van der Waals surface area contributed by atoms with E-state index in [0.717, 1.165) is 16.6 Å². The second-order valence-corrected chi connectivity index (χ2v) is 7.53. The number of nitrogens with zero attached hydrogens (tertiary/aromatic N) is 4. The number of urea groups is 1. The van der Waals surface area contributed by atoms with Gasteiger partial charge in [0.25, 0.3) is 5.91 Å². The highest BCUT2D eigenvalue weighted by molar-refractivity contribution is 6.39. The number of amides is 3. The molecule has 29 heavy (non-hydrogen) atoms. The van der Waals surface area contributed by atoms with Crippen LogP contribution in [0.25, 0.3) is 10.9 Å². The number of anilines is 2. The summed E-state index contributed by atoms with van der Waals surface area (Å²) in [5, 5.41) is 3.81. The molecule has 1 aromatic carbocycles. The van der Waals surface area contributed by atoms with Crippen molar-refractivity contribution in [2.75, 3.05) is 30.4 Å². The predicted molar refractivity (Wildman–Crippen MR) is 114 cm³/mol. The first-order chi connectivity index (χ1) is 13.9. The third-order valence-corrected chi connectivity index (χ3v) is 5.47. The van der Waals surface area contributed by atoms with Crippen molar-refractivity contribution in [3.63, 3.8) is 0 Å². The number of benzene rings is 1. The molecule has 0 atom stereocenters. The predicted octanol–water partition coefficient (Wildman–Crippen LogP) is 4.37. The van der Waals surface area contributed by atoms with Gasteiger partial charge in [-0.3, -0.25) is 14.7 Å². The maximum absolute atomic E-state index is 12.8. The van der Waals surface area contributed by atoms with Crippen molar-refractivity contribution >= 4 is 57.4 Å². The summed E-state index contributed by atoms with van der Waals surface area (Å²) in [5.74, 6) is -0.485. The van der Waals surface area contributed by atoms with Gasteiger partial charge in [0.1, 0.15) is 5.15 Å². The molecule has 1 aliphatic heterocycles. The second-order valence-electron chi connectivity index (χ2n) is 6.76. The topological polar surface area (TPSA) is 78.4 Å². The van der Waals surface area contributed by atoms with E-state index in [9.17, 15) is 9.59 Å². The van der Waals surface area contributed by atoms with Crippen molar-refractivity contribution < 1.29 is 9.59 Å². The molecule has 1 fully saturated rings. The Morgan fingerprint density at radius 2 is 1.97 bits per heavy atom.